The molecule has 0 saturated carbocycles. The van der Waals surface area contributed by atoms with Crippen LogP contribution in [-0.2, 0) is 15.1 Å². The summed E-state index contributed by atoms with van der Waals surface area (Å²) in [6.07, 6.45) is 5.38. The number of nitrogens with zero attached hydrogens (tertiary/aromatic N) is 4. The third kappa shape index (κ3) is 3.07. The molecular weight excluding hydrogens is 354 g/mol. The fourth-order valence-corrected chi connectivity index (χ4v) is 5.01. The van der Waals surface area contributed by atoms with Gasteiger partial charge < -0.3 is 14.9 Å². The Labute approximate surface area is 154 Å². The molecule has 2 aromatic heterocycles. The van der Waals surface area contributed by atoms with Gasteiger partial charge in [-0.2, -0.15) is 11.8 Å². The molecular formula is C16H26N5O2SSi. The third-order valence-corrected chi connectivity index (χ3v) is 5.77. The van der Waals surface area contributed by atoms with E-state index >= 15 is 0 Å². The highest BCUT2D eigenvalue weighted by atomic mass is 32.2. The van der Waals surface area contributed by atoms with E-state index in [9.17, 15) is 0 Å². The van der Waals surface area contributed by atoms with Crippen molar-refractivity contribution in [3.05, 3.63) is 12.7 Å². The lowest BCUT2D eigenvalue weighted by Gasteiger charge is -2.58. The molecule has 1 fully saturated rings. The highest BCUT2D eigenvalue weighted by molar-refractivity contribution is 7.98. The molecule has 3 rings (SSSR count). The second-order valence-corrected chi connectivity index (χ2v) is 10.6. The summed E-state index contributed by atoms with van der Waals surface area (Å²) < 4.78 is 14.8. The van der Waals surface area contributed by atoms with Gasteiger partial charge in [0.15, 0.2) is 11.5 Å². The van der Waals surface area contributed by atoms with E-state index in [1.807, 2.05) is 4.57 Å². The van der Waals surface area contributed by atoms with Crippen molar-refractivity contribution in [2.45, 2.75) is 45.9 Å². The molecule has 3 atom stereocenters. The number of fused-ring (bicyclic) bond motifs is 1. The summed E-state index contributed by atoms with van der Waals surface area (Å²) in [5.41, 5.74) is 7.21. The maximum Gasteiger partial charge on any atom is 0.255 e. The molecule has 2 N–H and O–H groups in total. The van der Waals surface area contributed by atoms with Gasteiger partial charge in [-0.3, -0.25) is 4.57 Å². The molecule has 0 unspecified atom stereocenters. The predicted octanol–water partition coefficient (Wildman–Crippen LogP) is 2.71. The van der Waals surface area contributed by atoms with E-state index in [-0.39, 0.29) is 17.4 Å². The second-order valence-electron chi connectivity index (χ2n) is 7.65. The molecule has 25 heavy (non-hydrogen) atoms. The number of aromatic nitrogens is 4. The normalized spacial score (nSPS) is 27.0. The van der Waals surface area contributed by atoms with Crippen LogP contribution in [0.2, 0.25) is 13.1 Å². The van der Waals surface area contributed by atoms with Gasteiger partial charge in [0.2, 0.25) is 9.04 Å². The van der Waals surface area contributed by atoms with Gasteiger partial charge in [-0.1, -0.05) is 20.8 Å². The molecule has 0 aliphatic carbocycles. The van der Waals surface area contributed by atoms with Crippen molar-refractivity contribution in [1.29, 1.82) is 0 Å². The highest BCUT2D eigenvalue weighted by Crippen LogP contribution is 2.52. The van der Waals surface area contributed by atoms with Gasteiger partial charge in [-0.05, 0) is 24.8 Å². The van der Waals surface area contributed by atoms with Crippen LogP contribution in [0.3, 0.4) is 0 Å². The largest absolute Gasteiger partial charge is 0.382 e. The molecule has 9 heteroatoms. The van der Waals surface area contributed by atoms with E-state index in [0.29, 0.717) is 17.0 Å². The Morgan fingerprint density at radius 2 is 2.08 bits per heavy atom. The van der Waals surface area contributed by atoms with Crippen molar-refractivity contribution in [1.82, 2.24) is 19.5 Å². The van der Waals surface area contributed by atoms with Crippen LogP contribution < -0.4 is 5.73 Å². The lowest BCUT2D eigenvalue weighted by Crippen LogP contribution is -2.67. The summed E-state index contributed by atoms with van der Waals surface area (Å²) in [6.45, 7) is 10.8. The zero-order valence-electron chi connectivity index (χ0n) is 15.6. The second kappa shape index (κ2) is 6.53. The number of nitrogens with two attached hydrogens (primary N) is 1. The van der Waals surface area contributed by atoms with Crippen LogP contribution in [0.15, 0.2) is 12.7 Å². The first-order valence-electron chi connectivity index (χ1n) is 8.30. The molecule has 137 valence electrons. The quantitative estimate of drug-likeness (QED) is 0.798. The van der Waals surface area contributed by atoms with Crippen LogP contribution in [0.5, 0.6) is 0 Å². The zero-order valence-corrected chi connectivity index (χ0v) is 17.4. The summed E-state index contributed by atoms with van der Waals surface area (Å²) in [4.78, 5) is 12.8. The van der Waals surface area contributed by atoms with E-state index in [0.717, 1.165) is 5.75 Å². The van der Waals surface area contributed by atoms with Crippen molar-refractivity contribution in [3.8, 4) is 0 Å². The topological polar surface area (TPSA) is 88.1 Å². The van der Waals surface area contributed by atoms with E-state index in [2.05, 4.69) is 55.1 Å². The first kappa shape index (κ1) is 18.6. The van der Waals surface area contributed by atoms with Gasteiger partial charge >= 0.3 is 0 Å². The summed E-state index contributed by atoms with van der Waals surface area (Å²) in [5.74, 6) is 0.604. The van der Waals surface area contributed by atoms with Crippen LogP contribution >= 0.6 is 11.8 Å². The van der Waals surface area contributed by atoms with Gasteiger partial charge in [0, 0.05) is 5.75 Å². The Morgan fingerprint density at radius 3 is 2.68 bits per heavy atom. The van der Waals surface area contributed by atoms with Crippen LogP contribution in [0.25, 0.3) is 11.2 Å². The number of hydrogen-bond acceptors (Lipinski definition) is 7. The van der Waals surface area contributed by atoms with E-state index < -0.39 is 15.0 Å². The van der Waals surface area contributed by atoms with E-state index in [1.54, 1.807) is 18.1 Å². The zero-order chi connectivity index (χ0) is 18.4. The SMILES string of the molecule is CSC[C@@H]1[C@@H](C(C)(C)C)O[C@]1(O[Si](C)C)n1cnc2c(N)ncnc21. The van der Waals surface area contributed by atoms with Gasteiger partial charge in [-0.25, -0.2) is 15.0 Å². The Hall–Kier alpha value is -1.16. The lowest BCUT2D eigenvalue weighted by molar-refractivity contribution is -0.415. The number of hydrogen-bond donors (Lipinski definition) is 1. The molecule has 3 heterocycles. The average molecular weight is 381 g/mol. The van der Waals surface area contributed by atoms with Gasteiger partial charge in [0.25, 0.3) is 5.91 Å². The molecule has 7 nitrogen and oxygen atoms in total. The minimum absolute atomic E-state index is 0.0199. The number of imidazole rings is 1. The predicted molar refractivity (Wildman–Crippen MR) is 102 cm³/mol. The van der Waals surface area contributed by atoms with Gasteiger partial charge in [0.1, 0.15) is 18.2 Å². The van der Waals surface area contributed by atoms with Crippen molar-refractivity contribution < 1.29 is 9.16 Å². The Kier molecular flexibility index (Phi) is 4.86. The standard InChI is InChI=1S/C16H26N5O2SSi/c1-15(2,3)12-10(7-24-4)16(22-12,23-25(5)6)21-9-20-11-13(17)18-8-19-14(11)21/h8-10,12H,7H2,1-6H3,(H2,17,18,19)/t10-,12+,16-/m1/s1. The van der Waals surface area contributed by atoms with Crippen molar-refractivity contribution in [3.63, 3.8) is 0 Å². The molecule has 0 amide bonds. The molecule has 0 aromatic carbocycles. The summed E-state index contributed by atoms with van der Waals surface area (Å²) in [7, 11) is -1.03. The smallest absolute Gasteiger partial charge is 0.255 e. The first-order valence-corrected chi connectivity index (χ1v) is 12.1. The fraction of sp³-hybridized carbons (Fsp3) is 0.688. The monoisotopic (exact) mass is 380 g/mol. The number of thioether (sulfide) groups is 1. The average Bonchev–Trinajstić information content (AvgIpc) is 2.93. The number of anilines is 1. The highest BCUT2D eigenvalue weighted by Gasteiger charge is 2.62. The minimum Gasteiger partial charge on any atom is -0.382 e. The summed E-state index contributed by atoms with van der Waals surface area (Å²) >= 11 is 1.80. The maximum absolute atomic E-state index is 6.47. The Bertz CT molecular complexity index is 763. The van der Waals surface area contributed by atoms with E-state index in [4.69, 9.17) is 14.9 Å². The van der Waals surface area contributed by atoms with Crippen molar-refractivity contribution in [2.24, 2.45) is 11.3 Å². The molecule has 1 radical (unpaired) electrons. The Morgan fingerprint density at radius 1 is 1.36 bits per heavy atom. The van der Waals surface area contributed by atoms with Crippen molar-refractivity contribution in [2.75, 3.05) is 17.7 Å². The number of ether oxygens (including phenoxy) is 1. The molecule has 1 aliphatic heterocycles. The molecule has 1 aliphatic rings. The molecule has 0 bridgehead atoms. The molecule has 2 aromatic rings. The number of nitrogen functional groups attached to an aromatic ring is 1. The van der Waals surface area contributed by atoms with Gasteiger partial charge in [-0.15, -0.1) is 0 Å². The first-order chi connectivity index (χ1) is 11.7. The Balaban J connectivity index is 2.12. The van der Waals surface area contributed by atoms with Gasteiger partial charge in [0.05, 0.1) is 12.0 Å². The van der Waals surface area contributed by atoms with E-state index in [1.165, 1.54) is 6.33 Å². The summed E-state index contributed by atoms with van der Waals surface area (Å²) in [5, 5.41) is 0. The molecule has 0 spiro atoms. The van der Waals surface area contributed by atoms with Crippen LogP contribution in [0, 0.1) is 11.3 Å². The number of rotatable bonds is 5. The fourth-order valence-electron chi connectivity index (χ4n) is 3.38. The molecule has 1 saturated heterocycles. The van der Waals surface area contributed by atoms with Crippen LogP contribution in [0.4, 0.5) is 5.82 Å². The lowest BCUT2D eigenvalue weighted by atomic mass is 9.76. The van der Waals surface area contributed by atoms with Crippen molar-refractivity contribution >= 4 is 37.8 Å². The minimum atomic E-state index is -1.03. The maximum atomic E-state index is 6.47. The van der Waals surface area contributed by atoms with Crippen LogP contribution in [-0.4, -0.2) is 46.7 Å². The summed E-state index contributed by atoms with van der Waals surface area (Å²) in [6, 6.07) is 0. The van der Waals surface area contributed by atoms with Crippen LogP contribution in [0.1, 0.15) is 20.8 Å². The third-order valence-electron chi connectivity index (χ3n) is 4.38.